The first kappa shape index (κ1) is 21.6. The van der Waals surface area contributed by atoms with E-state index in [2.05, 4.69) is 5.32 Å². The van der Waals surface area contributed by atoms with Crippen molar-refractivity contribution in [3.63, 3.8) is 0 Å². The molecule has 0 fully saturated rings. The zero-order valence-electron chi connectivity index (χ0n) is 17.2. The lowest BCUT2D eigenvalue weighted by molar-refractivity contribution is 0.102. The van der Waals surface area contributed by atoms with Gasteiger partial charge in [0.2, 0.25) is 0 Å². The summed E-state index contributed by atoms with van der Waals surface area (Å²) in [5, 5.41) is 6.00. The van der Waals surface area contributed by atoms with Gasteiger partial charge in [0.25, 0.3) is 5.91 Å². The number of phosphoric ester groups is 1. The first-order valence-corrected chi connectivity index (χ1v) is 11.1. The summed E-state index contributed by atoms with van der Waals surface area (Å²) in [6.45, 7) is 0. The molecule has 0 saturated heterocycles. The highest BCUT2D eigenvalue weighted by Gasteiger charge is 2.23. The molecule has 8 nitrogen and oxygen atoms in total. The Morgan fingerprint density at radius 3 is 2.06 bits per heavy atom. The summed E-state index contributed by atoms with van der Waals surface area (Å²) in [6.07, 6.45) is 0. The molecule has 4 aromatic carbocycles. The van der Waals surface area contributed by atoms with Gasteiger partial charge in [0.05, 0.1) is 25.5 Å². The standard InChI is InChI=1S/C23H20NO7P/c1-29-18-7-8-20(22(13-18)30-2)24-23(25)19-11-16-9-14-5-3-4-6-15(14)10-17(16)12-21(19)31-32(26,27)28/h3-13H,1-2H3,(H,24,25)(H2,26,27,28). The summed E-state index contributed by atoms with van der Waals surface area (Å²) in [5.74, 6) is 0.0583. The molecule has 0 unspecified atom stereocenters. The lowest BCUT2D eigenvalue weighted by atomic mass is 10.0. The van der Waals surface area contributed by atoms with E-state index in [1.54, 1.807) is 18.2 Å². The van der Waals surface area contributed by atoms with Gasteiger partial charge in [-0.15, -0.1) is 0 Å². The SMILES string of the molecule is COc1ccc(NC(=O)c2cc3cc4ccccc4cc3cc2OP(=O)(O)O)c(OC)c1. The Kier molecular flexibility index (Phi) is 5.76. The lowest BCUT2D eigenvalue weighted by Crippen LogP contribution is -2.14. The van der Waals surface area contributed by atoms with E-state index in [9.17, 15) is 19.1 Å². The molecule has 0 saturated carbocycles. The van der Waals surface area contributed by atoms with Crippen LogP contribution in [0.1, 0.15) is 10.4 Å². The van der Waals surface area contributed by atoms with Crippen molar-refractivity contribution < 1.29 is 33.1 Å². The highest BCUT2D eigenvalue weighted by molar-refractivity contribution is 7.46. The number of fused-ring (bicyclic) bond motifs is 2. The van der Waals surface area contributed by atoms with Crippen molar-refractivity contribution in [3.05, 3.63) is 72.3 Å². The minimum atomic E-state index is -4.91. The fraction of sp³-hybridized carbons (Fsp3) is 0.0870. The Balaban J connectivity index is 1.81. The predicted octanol–water partition coefficient (Wildman–Crippen LogP) is 4.73. The summed E-state index contributed by atoms with van der Waals surface area (Å²) in [4.78, 5) is 31.9. The Morgan fingerprint density at radius 2 is 1.47 bits per heavy atom. The van der Waals surface area contributed by atoms with E-state index >= 15 is 0 Å². The molecule has 0 aliphatic heterocycles. The van der Waals surface area contributed by atoms with E-state index in [0.29, 0.717) is 28.0 Å². The number of ether oxygens (including phenoxy) is 2. The van der Waals surface area contributed by atoms with E-state index in [1.807, 2.05) is 36.4 Å². The van der Waals surface area contributed by atoms with Crippen molar-refractivity contribution in [1.29, 1.82) is 0 Å². The van der Waals surface area contributed by atoms with Gasteiger partial charge in [0.15, 0.2) is 0 Å². The Labute approximate surface area is 183 Å². The number of anilines is 1. The monoisotopic (exact) mass is 453 g/mol. The summed E-state index contributed by atoms with van der Waals surface area (Å²) < 4.78 is 26.9. The molecule has 0 bridgehead atoms. The summed E-state index contributed by atoms with van der Waals surface area (Å²) in [7, 11) is -1.95. The van der Waals surface area contributed by atoms with Gasteiger partial charge in [-0.1, -0.05) is 24.3 Å². The number of phosphoric acid groups is 1. The number of benzene rings is 4. The average Bonchev–Trinajstić information content (AvgIpc) is 2.76. The average molecular weight is 453 g/mol. The van der Waals surface area contributed by atoms with E-state index in [4.69, 9.17) is 14.0 Å². The Morgan fingerprint density at radius 1 is 0.812 bits per heavy atom. The van der Waals surface area contributed by atoms with Crippen LogP contribution in [0.5, 0.6) is 17.2 Å². The molecular formula is C23H20NO7P. The second-order valence-electron chi connectivity index (χ2n) is 7.00. The fourth-order valence-electron chi connectivity index (χ4n) is 3.44. The van der Waals surface area contributed by atoms with Crippen molar-refractivity contribution in [2.24, 2.45) is 0 Å². The Bertz CT molecular complexity index is 1380. The van der Waals surface area contributed by atoms with Crippen LogP contribution < -0.4 is 19.3 Å². The van der Waals surface area contributed by atoms with Crippen LogP contribution in [0.2, 0.25) is 0 Å². The van der Waals surface area contributed by atoms with Gasteiger partial charge in [-0.25, -0.2) is 4.57 Å². The van der Waals surface area contributed by atoms with Gasteiger partial charge < -0.3 is 19.3 Å². The van der Waals surface area contributed by atoms with Crippen molar-refractivity contribution in [1.82, 2.24) is 0 Å². The van der Waals surface area contributed by atoms with E-state index in [0.717, 1.165) is 10.8 Å². The van der Waals surface area contributed by atoms with Crippen LogP contribution in [-0.2, 0) is 4.57 Å². The first-order chi connectivity index (χ1) is 15.3. The molecule has 0 spiro atoms. The third-order valence-corrected chi connectivity index (χ3v) is 5.36. The van der Waals surface area contributed by atoms with Crippen molar-refractivity contribution in [3.8, 4) is 17.2 Å². The number of amides is 1. The number of nitrogens with one attached hydrogen (secondary N) is 1. The first-order valence-electron chi connectivity index (χ1n) is 9.52. The van der Waals surface area contributed by atoms with Crippen LogP contribution in [0, 0.1) is 0 Å². The number of methoxy groups -OCH3 is 2. The van der Waals surface area contributed by atoms with Crippen LogP contribution in [0.3, 0.4) is 0 Å². The van der Waals surface area contributed by atoms with Gasteiger partial charge in [-0.3, -0.25) is 14.6 Å². The molecule has 0 atom stereocenters. The normalized spacial score (nSPS) is 11.4. The maximum Gasteiger partial charge on any atom is 0.524 e. The van der Waals surface area contributed by atoms with E-state index < -0.39 is 13.7 Å². The molecule has 32 heavy (non-hydrogen) atoms. The van der Waals surface area contributed by atoms with Crippen molar-refractivity contribution >= 4 is 41.0 Å². The van der Waals surface area contributed by atoms with Crippen LogP contribution in [0.4, 0.5) is 5.69 Å². The van der Waals surface area contributed by atoms with Crippen LogP contribution in [0.15, 0.2) is 66.7 Å². The minimum absolute atomic E-state index is 0.0334. The zero-order valence-corrected chi connectivity index (χ0v) is 18.1. The number of rotatable bonds is 6. The molecule has 3 N–H and O–H groups in total. The smallest absolute Gasteiger partial charge is 0.497 e. The van der Waals surface area contributed by atoms with Gasteiger partial charge in [-0.05, 0) is 57.9 Å². The second-order valence-corrected chi connectivity index (χ2v) is 8.16. The zero-order chi connectivity index (χ0) is 22.9. The quantitative estimate of drug-likeness (QED) is 0.286. The summed E-state index contributed by atoms with van der Waals surface area (Å²) >= 11 is 0. The molecule has 1 amide bonds. The Hall–Kier alpha value is -3.58. The molecule has 0 heterocycles. The van der Waals surface area contributed by atoms with Crippen molar-refractivity contribution in [2.45, 2.75) is 0 Å². The molecule has 0 aromatic heterocycles. The second kappa shape index (κ2) is 8.51. The van der Waals surface area contributed by atoms with Gasteiger partial charge in [0.1, 0.15) is 17.2 Å². The maximum atomic E-state index is 13.1. The topological polar surface area (TPSA) is 114 Å². The molecule has 4 rings (SSSR count). The number of carbonyl (C=O) groups is 1. The molecule has 164 valence electrons. The fourth-order valence-corrected chi connectivity index (χ4v) is 3.85. The van der Waals surface area contributed by atoms with Crippen LogP contribution >= 0.6 is 7.82 Å². The van der Waals surface area contributed by atoms with E-state index in [1.165, 1.54) is 26.4 Å². The molecular weight excluding hydrogens is 433 g/mol. The molecule has 4 aromatic rings. The molecule has 0 aliphatic carbocycles. The highest BCUT2D eigenvalue weighted by atomic mass is 31.2. The van der Waals surface area contributed by atoms with Crippen molar-refractivity contribution in [2.75, 3.05) is 19.5 Å². The van der Waals surface area contributed by atoms with Gasteiger partial charge >= 0.3 is 7.82 Å². The molecule has 0 aliphatic rings. The summed E-state index contributed by atoms with van der Waals surface area (Å²) in [5.41, 5.74) is 0.327. The third-order valence-electron chi connectivity index (χ3n) is 4.92. The lowest BCUT2D eigenvalue weighted by Gasteiger charge is -2.15. The van der Waals surface area contributed by atoms with Gasteiger partial charge in [0, 0.05) is 6.07 Å². The highest BCUT2D eigenvalue weighted by Crippen LogP contribution is 2.41. The minimum Gasteiger partial charge on any atom is -0.497 e. The third kappa shape index (κ3) is 4.53. The molecule has 0 radical (unpaired) electrons. The number of carbonyl (C=O) groups excluding carboxylic acids is 1. The summed E-state index contributed by atoms with van der Waals surface area (Å²) in [6, 6.07) is 19.3. The van der Waals surface area contributed by atoms with Crippen LogP contribution in [0.25, 0.3) is 21.5 Å². The van der Waals surface area contributed by atoms with Crippen LogP contribution in [-0.4, -0.2) is 29.9 Å². The van der Waals surface area contributed by atoms with Gasteiger partial charge in [-0.2, -0.15) is 0 Å². The number of hydrogen-bond acceptors (Lipinski definition) is 5. The number of hydrogen-bond donors (Lipinski definition) is 3. The van der Waals surface area contributed by atoms with E-state index in [-0.39, 0.29) is 11.3 Å². The largest absolute Gasteiger partial charge is 0.524 e. The maximum absolute atomic E-state index is 13.1. The predicted molar refractivity (Wildman–Crippen MR) is 122 cm³/mol. The molecule has 9 heteroatoms.